The molecule has 2 heterocycles. The number of fused-ring (bicyclic) bond motifs is 1. The number of aromatic nitrogens is 3. The van der Waals surface area contributed by atoms with Crippen molar-refractivity contribution in [3.05, 3.63) is 53.7 Å². The lowest BCUT2D eigenvalue weighted by Crippen LogP contribution is -2.37. The molecule has 156 valence electrons. The maximum absolute atomic E-state index is 13.1. The van der Waals surface area contributed by atoms with Gasteiger partial charge in [-0.1, -0.05) is 29.5 Å². The van der Waals surface area contributed by atoms with Crippen LogP contribution < -0.4 is 4.90 Å². The van der Waals surface area contributed by atoms with Gasteiger partial charge in [-0.15, -0.1) is 10.2 Å². The first-order valence-electron chi connectivity index (χ1n) is 9.04. The Hall–Kier alpha value is -3.06. The van der Waals surface area contributed by atoms with Crippen LogP contribution in [0.4, 0.5) is 18.9 Å². The first-order chi connectivity index (χ1) is 14.2. The molecule has 30 heavy (non-hydrogen) atoms. The Bertz CT molecular complexity index is 1090. The summed E-state index contributed by atoms with van der Waals surface area (Å²) in [4.78, 5) is 14.6. The van der Waals surface area contributed by atoms with Crippen LogP contribution in [0.5, 0.6) is 0 Å². The second-order valence-electron chi connectivity index (χ2n) is 6.62. The van der Waals surface area contributed by atoms with Crippen LogP contribution in [0.3, 0.4) is 0 Å². The number of nitriles is 1. The third-order valence-electron chi connectivity index (χ3n) is 4.39. The highest BCUT2D eigenvalue weighted by Crippen LogP contribution is 2.31. The van der Waals surface area contributed by atoms with Crippen LogP contribution in [0.25, 0.3) is 5.65 Å². The fourth-order valence-electron chi connectivity index (χ4n) is 2.80. The average Bonchev–Trinajstić information content (AvgIpc) is 3.10. The van der Waals surface area contributed by atoms with Gasteiger partial charge in [-0.2, -0.15) is 18.4 Å². The molecule has 0 aliphatic rings. The molecule has 6 nitrogen and oxygen atoms in total. The minimum Gasteiger partial charge on any atom is -0.310 e. The third kappa shape index (κ3) is 4.74. The number of anilines is 1. The molecular weight excluding hydrogens is 415 g/mol. The normalized spacial score (nSPS) is 12.5. The van der Waals surface area contributed by atoms with Crippen LogP contribution in [-0.4, -0.2) is 32.3 Å². The largest absolute Gasteiger partial charge is 0.417 e. The van der Waals surface area contributed by atoms with Crippen molar-refractivity contribution in [1.82, 2.24) is 14.6 Å². The first kappa shape index (κ1) is 21.6. The summed E-state index contributed by atoms with van der Waals surface area (Å²) in [5, 5.41) is 16.3. The highest BCUT2D eigenvalue weighted by molar-refractivity contribution is 8.00. The van der Waals surface area contributed by atoms with E-state index in [0.717, 1.165) is 29.6 Å². The van der Waals surface area contributed by atoms with E-state index in [4.69, 9.17) is 5.26 Å². The number of amides is 1. The lowest BCUT2D eigenvalue weighted by Gasteiger charge is -2.24. The van der Waals surface area contributed by atoms with Crippen LogP contribution >= 0.6 is 11.8 Å². The molecule has 0 aliphatic heterocycles. The molecule has 0 aliphatic carbocycles. The van der Waals surface area contributed by atoms with E-state index >= 15 is 0 Å². The lowest BCUT2D eigenvalue weighted by atomic mass is 10.2. The summed E-state index contributed by atoms with van der Waals surface area (Å²) in [6.45, 7) is 3.78. The SMILES string of the molecule is Cc1ccc(N(CCC#N)C(=O)C(C)Sc2nnc3ccc(C(F)(F)F)cn23)cc1. The monoisotopic (exact) mass is 433 g/mol. The van der Waals surface area contributed by atoms with Crippen LogP contribution in [-0.2, 0) is 11.0 Å². The molecule has 3 rings (SSSR count). The quantitative estimate of drug-likeness (QED) is 0.536. The van der Waals surface area contributed by atoms with E-state index in [1.807, 2.05) is 25.1 Å². The second kappa shape index (κ2) is 8.75. The van der Waals surface area contributed by atoms with Gasteiger partial charge in [0.25, 0.3) is 0 Å². The molecule has 0 saturated carbocycles. The molecule has 3 aromatic rings. The Labute approximate surface area is 175 Å². The number of carbonyl (C=O) groups is 1. The van der Waals surface area contributed by atoms with Crippen LogP contribution in [0, 0.1) is 18.3 Å². The molecule has 1 unspecified atom stereocenters. The van der Waals surface area contributed by atoms with Gasteiger partial charge in [-0.3, -0.25) is 9.20 Å². The Morgan fingerprint density at radius 3 is 2.57 bits per heavy atom. The zero-order chi connectivity index (χ0) is 21.9. The Morgan fingerprint density at radius 2 is 1.93 bits per heavy atom. The maximum Gasteiger partial charge on any atom is 0.417 e. The van der Waals surface area contributed by atoms with Gasteiger partial charge in [0.2, 0.25) is 5.91 Å². The molecule has 0 N–H and O–H groups in total. The molecular formula is C20H18F3N5OS. The van der Waals surface area contributed by atoms with E-state index in [9.17, 15) is 18.0 Å². The lowest BCUT2D eigenvalue weighted by molar-refractivity contribution is -0.137. The van der Waals surface area contributed by atoms with E-state index in [0.29, 0.717) is 5.69 Å². The topological polar surface area (TPSA) is 74.3 Å². The van der Waals surface area contributed by atoms with E-state index in [2.05, 4.69) is 10.2 Å². The summed E-state index contributed by atoms with van der Waals surface area (Å²) in [5.74, 6) is -0.275. The second-order valence-corrected chi connectivity index (χ2v) is 7.93. The van der Waals surface area contributed by atoms with Crippen LogP contribution in [0.1, 0.15) is 24.5 Å². The fraction of sp³-hybridized carbons (Fsp3) is 0.300. The number of rotatable bonds is 6. The molecule has 0 bridgehead atoms. The van der Waals surface area contributed by atoms with Crippen LogP contribution in [0.2, 0.25) is 0 Å². The maximum atomic E-state index is 13.1. The predicted molar refractivity (Wildman–Crippen MR) is 107 cm³/mol. The summed E-state index contributed by atoms with van der Waals surface area (Å²) in [7, 11) is 0. The van der Waals surface area contributed by atoms with Crippen molar-refractivity contribution in [3.63, 3.8) is 0 Å². The average molecular weight is 433 g/mol. The van der Waals surface area contributed by atoms with Crippen molar-refractivity contribution in [1.29, 1.82) is 5.26 Å². The molecule has 0 saturated heterocycles. The molecule has 2 aromatic heterocycles. The van der Waals surface area contributed by atoms with Crippen molar-refractivity contribution in [2.75, 3.05) is 11.4 Å². The molecule has 10 heteroatoms. The summed E-state index contributed by atoms with van der Waals surface area (Å²) in [5.41, 5.74) is 1.11. The Kier molecular flexibility index (Phi) is 6.31. The molecule has 0 fully saturated rings. The van der Waals surface area contributed by atoms with Gasteiger partial charge in [-0.05, 0) is 38.1 Å². The summed E-state index contributed by atoms with van der Waals surface area (Å²) >= 11 is 1.01. The van der Waals surface area contributed by atoms with E-state index in [1.54, 1.807) is 19.1 Å². The third-order valence-corrected chi connectivity index (χ3v) is 5.43. The number of thioether (sulfide) groups is 1. The van der Waals surface area contributed by atoms with Gasteiger partial charge in [0.05, 0.1) is 23.3 Å². The van der Waals surface area contributed by atoms with Crippen LogP contribution in [0.15, 0.2) is 47.8 Å². The Morgan fingerprint density at radius 1 is 1.23 bits per heavy atom. The number of pyridine rings is 1. The minimum absolute atomic E-state index is 0.153. The fourth-order valence-corrected chi connectivity index (χ4v) is 3.69. The van der Waals surface area contributed by atoms with Gasteiger partial charge in [-0.25, -0.2) is 0 Å². The predicted octanol–water partition coefficient (Wildman–Crippen LogP) is 4.48. The highest BCUT2D eigenvalue weighted by Gasteiger charge is 2.31. The number of halogens is 3. The molecule has 0 radical (unpaired) electrons. The van der Waals surface area contributed by atoms with Gasteiger partial charge < -0.3 is 4.90 Å². The van der Waals surface area contributed by atoms with Crippen molar-refractivity contribution in [3.8, 4) is 6.07 Å². The van der Waals surface area contributed by atoms with Gasteiger partial charge in [0, 0.05) is 18.4 Å². The zero-order valence-corrected chi connectivity index (χ0v) is 17.0. The van der Waals surface area contributed by atoms with Crippen molar-refractivity contribution >= 4 is 29.0 Å². The number of aryl methyl sites for hydroxylation is 1. The summed E-state index contributed by atoms with van der Waals surface area (Å²) in [6.07, 6.45) is -3.43. The number of hydrogen-bond acceptors (Lipinski definition) is 5. The van der Waals surface area contributed by atoms with E-state index in [1.165, 1.54) is 15.4 Å². The van der Waals surface area contributed by atoms with E-state index < -0.39 is 17.0 Å². The standard InChI is InChI=1S/C20H18F3N5OS/c1-13-4-7-16(8-5-13)27(11-3-10-24)18(29)14(2)30-19-26-25-17-9-6-15(12-28(17)19)20(21,22)23/h4-9,12,14H,3,11H2,1-2H3. The number of benzene rings is 1. The number of nitrogens with zero attached hydrogens (tertiary/aromatic N) is 5. The van der Waals surface area contributed by atoms with Gasteiger partial charge in [0.1, 0.15) is 0 Å². The molecule has 1 atom stereocenters. The van der Waals surface area contributed by atoms with Crippen molar-refractivity contribution in [2.24, 2.45) is 0 Å². The molecule has 1 aromatic carbocycles. The molecule has 1 amide bonds. The Balaban J connectivity index is 1.86. The minimum atomic E-state index is -4.50. The van der Waals surface area contributed by atoms with Gasteiger partial charge >= 0.3 is 6.18 Å². The first-order valence-corrected chi connectivity index (χ1v) is 9.92. The van der Waals surface area contributed by atoms with E-state index in [-0.39, 0.29) is 29.7 Å². The summed E-state index contributed by atoms with van der Waals surface area (Å²) < 4.78 is 40.3. The highest BCUT2D eigenvalue weighted by atomic mass is 32.2. The molecule has 0 spiro atoms. The number of carbonyl (C=O) groups excluding carboxylic acids is 1. The number of alkyl halides is 3. The summed E-state index contributed by atoms with van der Waals surface area (Å²) in [6, 6.07) is 11.5. The smallest absolute Gasteiger partial charge is 0.310 e. The van der Waals surface area contributed by atoms with Crippen molar-refractivity contribution in [2.45, 2.75) is 36.9 Å². The van der Waals surface area contributed by atoms with Gasteiger partial charge in [0.15, 0.2) is 10.8 Å². The zero-order valence-electron chi connectivity index (χ0n) is 16.2. The van der Waals surface area contributed by atoms with Crippen molar-refractivity contribution < 1.29 is 18.0 Å². The number of hydrogen-bond donors (Lipinski definition) is 0.